The fourth-order valence-corrected chi connectivity index (χ4v) is 2.11. The van der Waals surface area contributed by atoms with Gasteiger partial charge >= 0.3 is 5.97 Å². The Morgan fingerprint density at radius 1 is 1.42 bits per heavy atom. The lowest BCUT2D eigenvalue weighted by atomic mass is 9.90. The van der Waals surface area contributed by atoms with Crippen molar-refractivity contribution < 1.29 is 18.3 Å². The van der Waals surface area contributed by atoms with E-state index in [1.165, 1.54) is 20.1 Å². The minimum absolute atomic E-state index is 0.289. The number of carbonyl (C=O) groups excluding carboxylic acids is 1. The van der Waals surface area contributed by atoms with E-state index in [0.717, 1.165) is 25.0 Å². The van der Waals surface area contributed by atoms with Crippen molar-refractivity contribution in [3.8, 4) is 0 Å². The molecule has 5 heteroatoms. The fourth-order valence-electron chi connectivity index (χ4n) is 2.11. The number of methoxy groups -OCH3 is 1. The van der Waals surface area contributed by atoms with Crippen molar-refractivity contribution >= 4 is 5.97 Å². The molecule has 0 saturated heterocycles. The van der Waals surface area contributed by atoms with Gasteiger partial charge in [0.2, 0.25) is 0 Å². The summed E-state index contributed by atoms with van der Waals surface area (Å²) in [6.07, 6.45) is 2.15. The van der Waals surface area contributed by atoms with E-state index in [-0.39, 0.29) is 5.56 Å². The molecule has 0 bridgehead atoms. The van der Waals surface area contributed by atoms with Crippen LogP contribution in [0.3, 0.4) is 0 Å². The summed E-state index contributed by atoms with van der Waals surface area (Å²) in [5.41, 5.74) is -1.80. The Hall–Kier alpha value is -1.49. The molecule has 104 valence electrons. The highest BCUT2D eigenvalue weighted by molar-refractivity contribution is 5.82. The Kier molecular flexibility index (Phi) is 3.85. The molecule has 1 unspecified atom stereocenters. The van der Waals surface area contributed by atoms with Gasteiger partial charge in [0.25, 0.3) is 0 Å². The van der Waals surface area contributed by atoms with Crippen LogP contribution in [-0.2, 0) is 15.1 Å². The van der Waals surface area contributed by atoms with Crippen molar-refractivity contribution in [2.75, 3.05) is 13.7 Å². The van der Waals surface area contributed by atoms with Gasteiger partial charge in [-0.2, -0.15) is 0 Å². The molecule has 3 nitrogen and oxygen atoms in total. The lowest BCUT2D eigenvalue weighted by Gasteiger charge is -2.29. The molecule has 0 amide bonds. The van der Waals surface area contributed by atoms with Crippen LogP contribution in [0.25, 0.3) is 0 Å². The van der Waals surface area contributed by atoms with Crippen LogP contribution < -0.4 is 5.32 Å². The van der Waals surface area contributed by atoms with E-state index in [9.17, 15) is 13.6 Å². The normalized spacial score (nSPS) is 17.9. The molecule has 0 aliphatic heterocycles. The summed E-state index contributed by atoms with van der Waals surface area (Å²) >= 11 is 0. The number of carbonyl (C=O) groups is 1. The Balaban J connectivity index is 2.37. The summed E-state index contributed by atoms with van der Waals surface area (Å²) in [4.78, 5) is 12.0. The molecule has 1 aromatic rings. The highest BCUT2D eigenvalue weighted by Crippen LogP contribution is 2.32. The first-order valence-corrected chi connectivity index (χ1v) is 6.27. The van der Waals surface area contributed by atoms with Crippen LogP contribution in [-0.4, -0.2) is 19.6 Å². The lowest BCUT2D eigenvalue weighted by Crippen LogP contribution is -2.49. The smallest absolute Gasteiger partial charge is 0.330 e. The molecule has 1 atom stereocenters. The maximum Gasteiger partial charge on any atom is 0.330 e. The number of rotatable bonds is 5. The van der Waals surface area contributed by atoms with E-state index < -0.39 is 23.1 Å². The van der Waals surface area contributed by atoms with Gasteiger partial charge in [0, 0.05) is 0 Å². The second-order valence-electron chi connectivity index (χ2n) is 5.04. The summed E-state index contributed by atoms with van der Waals surface area (Å²) in [6.45, 7) is 1.99. The molecular weight excluding hydrogens is 252 g/mol. The van der Waals surface area contributed by atoms with Gasteiger partial charge in [-0.3, -0.25) is 5.32 Å². The number of benzene rings is 1. The zero-order valence-electron chi connectivity index (χ0n) is 11.0. The lowest BCUT2D eigenvalue weighted by molar-refractivity contribution is -0.148. The van der Waals surface area contributed by atoms with Gasteiger partial charge in [-0.25, -0.2) is 13.6 Å². The molecule has 0 heterocycles. The Bertz CT molecular complexity index is 468. The van der Waals surface area contributed by atoms with Crippen molar-refractivity contribution in [2.45, 2.75) is 25.3 Å². The number of halogens is 2. The van der Waals surface area contributed by atoms with E-state index in [1.54, 1.807) is 0 Å². The third kappa shape index (κ3) is 2.76. The average molecular weight is 269 g/mol. The second-order valence-corrected chi connectivity index (χ2v) is 5.04. The van der Waals surface area contributed by atoms with Crippen LogP contribution in [0.15, 0.2) is 18.2 Å². The van der Waals surface area contributed by atoms with Crippen LogP contribution in [0.5, 0.6) is 0 Å². The van der Waals surface area contributed by atoms with Gasteiger partial charge in [-0.05, 0) is 44.4 Å². The number of ether oxygens (including phenoxy) is 1. The third-order valence-electron chi connectivity index (χ3n) is 3.50. The minimum atomic E-state index is -1.51. The molecule has 2 rings (SSSR count). The quantitative estimate of drug-likeness (QED) is 0.834. The molecule has 1 aromatic carbocycles. The third-order valence-corrected chi connectivity index (χ3v) is 3.50. The number of nitrogens with one attached hydrogen (secondary N) is 1. The molecule has 0 radical (unpaired) electrons. The summed E-state index contributed by atoms with van der Waals surface area (Å²) in [6, 6.07) is 3.55. The first-order valence-electron chi connectivity index (χ1n) is 6.27. The van der Waals surface area contributed by atoms with E-state index in [0.29, 0.717) is 12.5 Å². The number of hydrogen-bond donors (Lipinski definition) is 1. The fraction of sp³-hybridized carbons (Fsp3) is 0.500. The standard InChI is InChI=1S/C14H17F2NO2/c1-14(13(18)19-2,17-8-9-6-7-9)12-10(15)4-3-5-11(12)16/h3-5,9,17H,6-8H2,1-2H3. The number of esters is 1. The summed E-state index contributed by atoms with van der Waals surface area (Å²) in [5.74, 6) is -1.73. The molecule has 1 N–H and O–H groups in total. The van der Waals surface area contributed by atoms with Crippen molar-refractivity contribution in [1.82, 2.24) is 5.32 Å². The van der Waals surface area contributed by atoms with E-state index in [2.05, 4.69) is 5.32 Å². The number of hydrogen-bond acceptors (Lipinski definition) is 3. The van der Waals surface area contributed by atoms with Crippen LogP contribution >= 0.6 is 0 Å². The molecule has 0 aromatic heterocycles. The molecule has 19 heavy (non-hydrogen) atoms. The molecule has 1 aliphatic carbocycles. The monoisotopic (exact) mass is 269 g/mol. The van der Waals surface area contributed by atoms with Gasteiger partial charge in [0.15, 0.2) is 0 Å². The van der Waals surface area contributed by atoms with Crippen LogP contribution in [0, 0.1) is 17.6 Å². The Morgan fingerprint density at radius 3 is 2.47 bits per heavy atom. The molecule has 1 fully saturated rings. The van der Waals surface area contributed by atoms with Crippen LogP contribution in [0.1, 0.15) is 25.3 Å². The average Bonchev–Trinajstić information content (AvgIpc) is 3.19. The summed E-state index contributed by atoms with van der Waals surface area (Å²) in [5, 5.41) is 2.95. The first-order chi connectivity index (χ1) is 8.99. The van der Waals surface area contributed by atoms with Gasteiger partial charge in [0.1, 0.15) is 17.2 Å². The maximum atomic E-state index is 13.9. The SMILES string of the molecule is COC(=O)C(C)(NCC1CC1)c1c(F)cccc1F. The summed E-state index contributed by atoms with van der Waals surface area (Å²) < 4.78 is 32.5. The van der Waals surface area contributed by atoms with Gasteiger partial charge in [-0.15, -0.1) is 0 Å². The predicted molar refractivity (Wildman–Crippen MR) is 66.5 cm³/mol. The molecule has 1 saturated carbocycles. The highest BCUT2D eigenvalue weighted by atomic mass is 19.1. The van der Waals surface area contributed by atoms with E-state index >= 15 is 0 Å². The second kappa shape index (κ2) is 5.25. The Labute approximate surface area is 111 Å². The van der Waals surface area contributed by atoms with Crippen LogP contribution in [0.4, 0.5) is 8.78 Å². The molecule has 1 aliphatic rings. The van der Waals surface area contributed by atoms with E-state index in [4.69, 9.17) is 4.74 Å². The zero-order chi connectivity index (χ0) is 14.0. The maximum absolute atomic E-state index is 13.9. The van der Waals surface area contributed by atoms with Crippen molar-refractivity contribution in [2.24, 2.45) is 5.92 Å². The molecule has 0 spiro atoms. The van der Waals surface area contributed by atoms with Gasteiger partial charge < -0.3 is 4.74 Å². The largest absolute Gasteiger partial charge is 0.467 e. The highest BCUT2D eigenvalue weighted by Gasteiger charge is 2.41. The van der Waals surface area contributed by atoms with E-state index in [1.807, 2.05) is 0 Å². The first kappa shape index (κ1) is 13.9. The van der Waals surface area contributed by atoms with Crippen molar-refractivity contribution in [1.29, 1.82) is 0 Å². The Morgan fingerprint density at radius 2 is 2.00 bits per heavy atom. The van der Waals surface area contributed by atoms with Gasteiger partial charge in [0.05, 0.1) is 12.7 Å². The predicted octanol–water partition coefficient (Wildman–Crippen LogP) is 2.35. The zero-order valence-corrected chi connectivity index (χ0v) is 11.0. The van der Waals surface area contributed by atoms with Crippen molar-refractivity contribution in [3.63, 3.8) is 0 Å². The summed E-state index contributed by atoms with van der Waals surface area (Å²) in [7, 11) is 1.21. The van der Waals surface area contributed by atoms with Gasteiger partial charge in [-0.1, -0.05) is 6.07 Å². The topological polar surface area (TPSA) is 38.3 Å². The van der Waals surface area contributed by atoms with Crippen LogP contribution in [0.2, 0.25) is 0 Å². The minimum Gasteiger partial charge on any atom is -0.467 e. The van der Waals surface area contributed by atoms with Crippen molar-refractivity contribution in [3.05, 3.63) is 35.4 Å². The molecular formula is C14H17F2NO2.